The van der Waals surface area contributed by atoms with Crippen molar-refractivity contribution in [3.63, 3.8) is 0 Å². The fourth-order valence-electron chi connectivity index (χ4n) is 2.02. The molecule has 2 aromatic carbocycles. The predicted molar refractivity (Wildman–Crippen MR) is 88.7 cm³/mol. The SMILES string of the molecule is CC(C)COc1cccc(/C=C(\C(=O)O)c2ccc(F)cc2)c1. The van der Waals surface area contributed by atoms with E-state index in [2.05, 4.69) is 13.8 Å². The molecule has 0 atom stereocenters. The van der Waals surface area contributed by atoms with Gasteiger partial charge in [0.15, 0.2) is 0 Å². The Kier molecular flexibility index (Phi) is 5.52. The van der Waals surface area contributed by atoms with Gasteiger partial charge in [0.05, 0.1) is 12.2 Å². The van der Waals surface area contributed by atoms with Gasteiger partial charge in [-0.1, -0.05) is 38.1 Å². The first-order chi connectivity index (χ1) is 11.0. The van der Waals surface area contributed by atoms with Gasteiger partial charge < -0.3 is 9.84 Å². The lowest BCUT2D eigenvalue weighted by Gasteiger charge is -2.09. The molecular formula is C19H19FO3. The van der Waals surface area contributed by atoms with E-state index in [0.717, 1.165) is 0 Å². The number of carboxylic acid groups (broad SMARTS) is 1. The van der Waals surface area contributed by atoms with Crippen LogP contribution in [-0.2, 0) is 4.79 Å². The van der Waals surface area contributed by atoms with Gasteiger partial charge in [0, 0.05) is 0 Å². The van der Waals surface area contributed by atoms with E-state index >= 15 is 0 Å². The monoisotopic (exact) mass is 314 g/mol. The third kappa shape index (κ3) is 4.95. The van der Waals surface area contributed by atoms with Gasteiger partial charge in [-0.2, -0.15) is 0 Å². The molecule has 120 valence electrons. The minimum atomic E-state index is -1.06. The van der Waals surface area contributed by atoms with Gasteiger partial charge in [0.25, 0.3) is 0 Å². The molecule has 0 bridgehead atoms. The zero-order chi connectivity index (χ0) is 16.8. The summed E-state index contributed by atoms with van der Waals surface area (Å²) in [7, 11) is 0. The summed E-state index contributed by atoms with van der Waals surface area (Å²) in [5, 5.41) is 9.41. The Morgan fingerprint density at radius 1 is 1.22 bits per heavy atom. The van der Waals surface area contributed by atoms with Crippen LogP contribution >= 0.6 is 0 Å². The highest BCUT2D eigenvalue weighted by atomic mass is 19.1. The van der Waals surface area contributed by atoms with Crippen LogP contribution in [0, 0.1) is 11.7 Å². The zero-order valence-corrected chi connectivity index (χ0v) is 13.1. The van der Waals surface area contributed by atoms with Gasteiger partial charge in [-0.05, 0) is 47.4 Å². The topological polar surface area (TPSA) is 46.5 Å². The molecule has 4 heteroatoms. The highest BCUT2D eigenvalue weighted by molar-refractivity contribution is 6.20. The Balaban J connectivity index is 2.30. The summed E-state index contributed by atoms with van der Waals surface area (Å²) in [4.78, 5) is 11.5. The molecule has 2 aromatic rings. The molecule has 0 aromatic heterocycles. The average molecular weight is 314 g/mol. The van der Waals surface area contributed by atoms with E-state index in [1.807, 2.05) is 12.1 Å². The van der Waals surface area contributed by atoms with Gasteiger partial charge >= 0.3 is 5.97 Å². The molecular weight excluding hydrogens is 295 g/mol. The molecule has 0 unspecified atom stereocenters. The predicted octanol–water partition coefficient (Wildman–Crippen LogP) is 4.49. The third-order valence-electron chi connectivity index (χ3n) is 3.14. The van der Waals surface area contributed by atoms with Gasteiger partial charge in [-0.15, -0.1) is 0 Å². The molecule has 23 heavy (non-hydrogen) atoms. The molecule has 0 fully saturated rings. The number of halogens is 1. The molecule has 2 rings (SSSR count). The van der Waals surface area contributed by atoms with E-state index in [-0.39, 0.29) is 5.57 Å². The fourth-order valence-corrected chi connectivity index (χ4v) is 2.02. The van der Waals surface area contributed by atoms with Gasteiger partial charge in [-0.25, -0.2) is 9.18 Å². The Morgan fingerprint density at radius 2 is 1.91 bits per heavy atom. The van der Waals surface area contributed by atoms with E-state index in [1.165, 1.54) is 24.3 Å². The smallest absolute Gasteiger partial charge is 0.336 e. The molecule has 3 nitrogen and oxygen atoms in total. The molecule has 0 saturated carbocycles. The van der Waals surface area contributed by atoms with Crippen molar-refractivity contribution in [3.8, 4) is 5.75 Å². The molecule has 0 saturated heterocycles. The number of hydrogen-bond acceptors (Lipinski definition) is 2. The molecule has 0 aliphatic heterocycles. The standard InChI is InChI=1S/C19H19FO3/c1-13(2)12-23-17-5-3-4-14(10-17)11-18(19(21)22)15-6-8-16(20)9-7-15/h3-11,13H,12H2,1-2H3,(H,21,22)/b18-11-. The van der Waals surface area contributed by atoms with Gasteiger partial charge in [-0.3, -0.25) is 0 Å². The van der Waals surface area contributed by atoms with Crippen molar-refractivity contribution in [2.75, 3.05) is 6.61 Å². The second kappa shape index (κ2) is 7.58. The first kappa shape index (κ1) is 16.7. The summed E-state index contributed by atoms with van der Waals surface area (Å²) in [5.74, 6) is -0.369. The van der Waals surface area contributed by atoms with Crippen molar-refractivity contribution in [1.29, 1.82) is 0 Å². The zero-order valence-electron chi connectivity index (χ0n) is 13.1. The van der Waals surface area contributed by atoms with Crippen LogP contribution in [0.3, 0.4) is 0 Å². The minimum Gasteiger partial charge on any atom is -0.493 e. The summed E-state index contributed by atoms with van der Waals surface area (Å²) in [6, 6.07) is 12.6. The lowest BCUT2D eigenvalue weighted by molar-refractivity contribution is -0.130. The van der Waals surface area contributed by atoms with E-state index in [1.54, 1.807) is 18.2 Å². The highest BCUT2D eigenvalue weighted by Gasteiger charge is 2.11. The van der Waals surface area contributed by atoms with Crippen LogP contribution in [0.4, 0.5) is 4.39 Å². The average Bonchev–Trinajstić information content (AvgIpc) is 2.52. The number of carboxylic acids is 1. The maximum atomic E-state index is 13.0. The van der Waals surface area contributed by atoms with Crippen molar-refractivity contribution >= 4 is 17.6 Å². The number of hydrogen-bond donors (Lipinski definition) is 1. The Labute approximate surface area is 135 Å². The van der Waals surface area contributed by atoms with Crippen LogP contribution in [0.15, 0.2) is 48.5 Å². The van der Waals surface area contributed by atoms with Crippen LogP contribution < -0.4 is 4.74 Å². The van der Waals surface area contributed by atoms with Crippen molar-refractivity contribution in [2.45, 2.75) is 13.8 Å². The van der Waals surface area contributed by atoms with E-state index in [9.17, 15) is 14.3 Å². The maximum Gasteiger partial charge on any atom is 0.336 e. The van der Waals surface area contributed by atoms with Crippen LogP contribution in [0.1, 0.15) is 25.0 Å². The molecule has 0 heterocycles. The summed E-state index contributed by atoms with van der Waals surface area (Å²) in [6.07, 6.45) is 1.55. The van der Waals surface area contributed by atoms with E-state index in [4.69, 9.17) is 4.74 Å². The summed E-state index contributed by atoms with van der Waals surface area (Å²) in [6.45, 7) is 4.71. The fraction of sp³-hybridized carbons (Fsp3) is 0.211. The Hall–Kier alpha value is -2.62. The van der Waals surface area contributed by atoms with Crippen molar-refractivity contribution in [1.82, 2.24) is 0 Å². The van der Waals surface area contributed by atoms with E-state index in [0.29, 0.717) is 29.4 Å². The van der Waals surface area contributed by atoms with Crippen LogP contribution in [0.25, 0.3) is 11.6 Å². The van der Waals surface area contributed by atoms with Crippen molar-refractivity contribution in [2.24, 2.45) is 5.92 Å². The number of aliphatic carboxylic acids is 1. The summed E-state index contributed by atoms with van der Waals surface area (Å²) >= 11 is 0. The normalized spacial score (nSPS) is 11.6. The van der Waals surface area contributed by atoms with Gasteiger partial charge in [0.2, 0.25) is 0 Å². The van der Waals surface area contributed by atoms with E-state index < -0.39 is 11.8 Å². The quantitative estimate of drug-likeness (QED) is 0.631. The maximum absolute atomic E-state index is 13.0. The second-order valence-corrected chi connectivity index (χ2v) is 5.65. The minimum absolute atomic E-state index is 0.103. The molecule has 0 radical (unpaired) electrons. The molecule has 0 aliphatic rings. The number of carbonyl (C=O) groups is 1. The molecule has 0 spiro atoms. The van der Waals surface area contributed by atoms with Gasteiger partial charge in [0.1, 0.15) is 11.6 Å². The number of ether oxygens (including phenoxy) is 1. The van der Waals surface area contributed by atoms with Crippen molar-refractivity contribution in [3.05, 3.63) is 65.5 Å². The number of benzene rings is 2. The molecule has 0 aliphatic carbocycles. The summed E-state index contributed by atoms with van der Waals surface area (Å²) < 4.78 is 18.6. The van der Waals surface area contributed by atoms with Crippen LogP contribution in [0.5, 0.6) is 5.75 Å². The summed E-state index contributed by atoms with van der Waals surface area (Å²) in [5.41, 5.74) is 1.27. The lowest BCUT2D eigenvalue weighted by atomic mass is 10.0. The Bertz CT molecular complexity index is 703. The Morgan fingerprint density at radius 3 is 2.52 bits per heavy atom. The lowest BCUT2D eigenvalue weighted by Crippen LogP contribution is -2.04. The third-order valence-corrected chi connectivity index (χ3v) is 3.14. The first-order valence-electron chi connectivity index (χ1n) is 7.39. The molecule has 0 amide bonds. The second-order valence-electron chi connectivity index (χ2n) is 5.65. The van der Waals surface area contributed by atoms with Crippen LogP contribution in [0.2, 0.25) is 0 Å². The number of rotatable bonds is 6. The largest absolute Gasteiger partial charge is 0.493 e. The molecule has 1 N–H and O–H groups in total. The van der Waals surface area contributed by atoms with Crippen molar-refractivity contribution < 1.29 is 19.0 Å². The van der Waals surface area contributed by atoms with Crippen LogP contribution in [-0.4, -0.2) is 17.7 Å². The first-order valence-corrected chi connectivity index (χ1v) is 7.39. The highest BCUT2D eigenvalue weighted by Crippen LogP contribution is 2.22.